The first kappa shape index (κ1) is 14.5. The van der Waals surface area contributed by atoms with E-state index < -0.39 is 0 Å². The molecule has 0 atom stereocenters. The fourth-order valence-corrected chi connectivity index (χ4v) is 2.54. The zero-order chi connectivity index (χ0) is 15.2. The lowest BCUT2D eigenvalue weighted by molar-refractivity contribution is 0.610. The minimum atomic E-state index is -0.204. The van der Waals surface area contributed by atoms with Crippen molar-refractivity contribution in [1.29, 1.82) is 0 Å². The third-order valence-corrected chi connectivity index (χ3v) is 3.68. The summed E-state index contributed by atoms with van der Waals surface area (Å²) < 4.78 is 15.8. The highest BCUT2D eigenvalue weighted by atomic mass is 19.1. The van der Waals surface area contributed by atoms with Crippen LogP contribution in [0.15, 0.2) is 72.9 Å². The lowest BCUT2D eigenvalue weighted by atomic mass is 10.1. The van der Waals surface area contributed by atoms with Crippen LogP contribution in [-0.4, -0.2) is 11.1 Å². The normalized spacial score (nSPS) is 10.8. The van der Waals surface area contributed by atoms with Gasteiger partial charge in [-0.3, -0.25) is 0 Å². The second-order valence-corrected chi connectivity index (χ2v) is 5.23. The molecule has 112 valence electrons. The number of halogens is 1. The van der Waals surface area contributed by atoms with Crippen LogP contribution in [0.4, 0.5) is 4.39 Å². The molecule has 0 spiro atoms. The molecular weight excluding hydrogens is 275 g/mol. The lowest BCUT2D eigenvalue weighted by Crippen LogP contribution is -2.18. The second kappa shape index (κ2) is 7.05. The van der Waals surface area contributed by atoms with E-state index >= 15 is 0 Å². The zero-order valence-corrected chi connectivity index (χ0v) is 12.4. The largest absolute Gasteiger partial charge is 0.317 e. The van der Waals surface area contributed by atoms with Crippen molar-refractivity contribution in [3.8, 4) is 5.69 Å². The summed E-state index contributed by atoms with van der Waals surface area (Å²) in [5, 5.41) is 3.42. The average molecular weight is 294 g/mol. The standard InChI is InChI=1S/C19H19FN2/c20-18-10-4-5-11-19(18)22-14-6-9-17(22)15-21-13-12-16-7-2-1-3-8-16/h1-11,14,21H,12-13,15H2. The molecular formula is C19H19FN2. The van der Waals surface area contributed by atoms with Gasteiger partial charge < -0.3 is 9.88 Å². The monoisotopic (exact) mass is 294 g/mol. The van der Waals surface area contributed by atoms with Crippen molar-refractivity contribution < 1.29 is 4.39 Å². The number of para-hydroxylation sites is 1. The van der Waals surface area contributed by atoms with E-state index in [0.29, 0.717) is 12.2 Å². The smallest absolute Gasteiger partial charge is 0.147 e. The summed E-state index contributed by atoms with van der Waals surface area (Å²) in [6.45, 7) is 1.61. The Kier molecular flexibility index (Phi) is 4.66. The van der Waals surface area contributed by atoms with Crippen LogP contribution in [-0.2, 0) is 13.0 Å². The minimum Gasteiger partial charge on any atom is -0.317 e. The fraction of sp³-hybridized carbons (Fsp3) is 0.158. The molecule has 0 bridgehead atoms. The quantitative estimate of drug-likeness (QED) is 0.681. The fourth-order valence-electron chi connectivity index (χ4n) is 2.54. The molecule has 0 saturated heterocycles. The van der Waals surface area contributed by atoms with Crippen LogP contribution >= 0.6 is 0 Å². The topological polar surface area (TPSA) is 17.0 Å². The molecule has 0 radical (unpaired) electrons. The molecule has 0 saturated carbocycles. The predicted molar refractivity (Wildman–Crippen MR) is 87.6 cm³/mol. The van der Waals surface area contributed by atoms with Crippen LogP contribution < -0.4 is 5.32 Å². The Morgan fingerprint density at radius 1 is 0.864 bits per heavy atom. The molecule has 3 rings (SSSR count). The van der Waals surface area contributed by atoms with Gasteiger partial charge in [0.1, 0.15) is 5.82 Å². The van der Waals surface area contributed by atoms with Crippen LogP contribution in [0.25, 0.3) is 5.69 Å². The molecule has 0 amide bonds. The Morgan fingerprint density at radius 3 is 2.45 bits per heavy atom. The third-order valence-electron chi connectivity index (χ3n) is 3.68. The molecule has 1 heterocycles. The minimum absolute atomic E-state index is 0.204. The molecule has 0 aliphatic heterocycles. The molecule has 0 aliphatic rings. The van der Waals surface area contributed by atoms with E-state index in [2.05, 4.69) is 29.6 Å². The highest BCUT2D eigenvalue weighted by Crippen LogP contribution is 2.16. The molecule has 0 unspecified atom stereocenters. The van der Waals surface area contributed by atoms with Gasteiger partial charge in [-0.2, -0.15) is 0 Å². The number of benzene rings is 2. The molecule has 2 nitrogen and oxygen atoms in total. The number of nitrogens with one attached hydrogen (secondary N) is 1. The van der Waals surface area contributed by atoms with Crippen molar-refractivity contribution in [1.82, 2.24) is 9.88 Å². The summed E-state index contributed by atoms with van der Waals surface area (Å²) in [4.78, 5) is 0. The Morgan fingerprint density at radius 2 is 1.64 bits per heavy atom. The highest BCUT2D eigenvalue weighted by molar-refractivity contribution is 5.36. The first-order valence-electron chi connectivity index (χ1n) is 7.50. The van der Waals surface area contributed by atoms with Gasteiger partial charge in [0.25, 0.3) is 0 Å². The summed E-state index contributed by atoms with van der Waals surface area (Å²) in [5.41, 5.74) is 2.96. The molecule has 2 aromatic carbocycles. The molecule has 3 heteroatoms. The number of aromatic nitrogens is 1. The SMILES string of the molecule is Fc1ccccc1-n1cccc1CNCCc1ccccc1. The number of hydrogen-bond donors (Lipinski definition) is 1. The summed E-state index contributed by atoms with van der Waals surface area (Å²) in [6, 6.07) is 21.2. The van der Waals surface area contributed by atoms with Gasteiger partial charge in [0, 0.05) is 18.4 Å². The van der Waals surface area contributed by atoms with Crippen molar-refractivity contribution >= 4 is 0 Å². The Labute approximate surface area is 130 Å². The Bertz CT molecular complexity index is 719. The van der Waals surface area contributed by atoms with Gasteiger partial charge in [-0.25, -0.2) is 4.39 Å². The predicted octanol–water partition coefficient (Wildman–Crippen LogP) is 3.95. The van der Waals surface area contributed by atoms with E-state index in [-0.39, 0.29) is 5.82 Å². The van der Waals surface area contributed by atoms with Gasteiger partial charge in [0.05, 0.1) is 5.69 Å². The van der Waals surface area contributed by atoms with Crippen LogP contribution in [0.2, 0.25) is 0 Å². The molecule has 0 aliphatic carbocycles. The first-order valence-corrected chi connectivity index (χ1v) is 7.50. The van der Waals surface area contributed by atoms with Crippen molar-refractivity contribution in [2.24, 2.45) is 0 Å². The van der Waals surface area contributed by atoms with E-state index in [1.807, 2.05) is 35.0 Å². The van der Waals surface area contributed by atoms with Gasteiger partial charge in [-0.05, 0) is 42.8 Å². The lowest BCUT2D eigenvalue weighted by Gasteiger charge is -2.11. The third kappa shape index (κ3) is 3.43. The van der Waals surface area contributed by atoms with Crippen LogP contribution in [0, 0.1) is 5.82 Å². The maximum Gasteiger partial charge on any atom is 0.147 e. The molecule has 3 aromatic rings. The van der Waals surface area contributed by atoms with E-state index in [9.17, 15) is 4.39 Å². The average Bonchev–Trinajstić information content (AvgIpc) is 3.01. The van der Waals surface area contributed by atoms with Crippen molar-refractivity contribution in [3.63, 3.8) is 0 Å². The Balaban J connectivity index is 1.60. The van der Waals surface area contributed by atoms with Gasteiger partial charge >= 0.3 is 0 Å². The molecule has 0 fully saturated rings. The van der Waals surface area contributed by atoms with Crippen molar-refractivity contribution in [3.05, 3.63) is 90.0 Å². The number of rotatable bonds is 6. The first-order chi connectivity index (χ1) is 10.8. The summed E-state index contributed by atoms with van der Waals surface area (Å²) in [7, 11) is 0. The molecule has 1 aromatic heterocycles. The maximum absolute atomic E-state index is 13.9. The van der Waals surface area contributed by atoms with Gasteiger partial charge in [-0.15, -0.1) is 0 Å². The van der Waals surface area contributed by atoms with E-state index in [1.54, 1.807) is 12.1 Å². The van der Waals surface area contributed by atoms with Crippen LogP contribution in [0.1, 0.15) is 11.3 Å². The van der Waals surface area contributed by atoms with Crippen LogP contribution in [0.5, 0.6) is 0 Å². The van der Waals surface area contributed by atoms with E-state index in [0.717, 1.165) is 18.7 Å². The van der Waals surface area contributed by atoms with Crippen molar-refractivity contribution in [2.45, 2.75) is 13.0 Å². The van der Waals surface area contributed by atoms with Crippen LogP contribution in [0.3, 0.4) is 0 Å². The molecule has 1 N–H and O–H groups in total. The highest BCUT2D eigenvalue weighted by Gasteiger charge is 2.07. The maximum atomic E-state index is 13.9. The van der Waals surface area contributed by atoms with E-state index in [1.165, 1.54) is 11.6 Å². The zero-order valence-electron chi connectivity index (χ0n) is 12.4. The summed E-state index contributed by atoms with van der Waals surface area (Å²) >= 11 is 0. The molecule has 22 heavy (non-hydrogen) atoms. The van der Waals surface area contributed by atoms with Crippen molar-refractivity contribution in [2.75, 3.05) is 6.54 Å². The number of hydrogen-bond acceptors (Lipinski definition) is 1. The number of nitrogens with zero attached hydrogens (tertiary/aromatic N) is 1. The Hall–Kier alpha value is -2.39. The van der Waals surface area contributed by atoms with Gasteiger partial charge in [-0.1, -0.05) is 42.5 Å². The summed E-state index contributed by atoms with van der Waals surface area (Å²) in [6.07, 6.45) is 2.88. The second-order valence-electron chi connectivity index (χ2n) is 5.23. The summed E-state index contributed by atoms with van der Waals surface area (Å²) in [5.74, 6) is -0.204. The van der Waals surface area contributed by atoms with Gasteiger partial charge in [0.2, 0.25) is 0 Å². The van der Waals surface area contributed by atoms with E-state index in [4.69, 9.17) is 0 Å². The van der Waals surface area contributed by atoms with Gasteiger partial charge in [0.15, 0.2) is 0 Å².